The summed E-state index contributed by atoms with van der Waals surface area (Å²) >= 11 is 0. The first kappa shape index (κ1) is 20.4. The van der Waals surface area contributed by atoms with Gasteiger partial charge in [0.25, 0.3) is 5.56 Å². The van der Waals surface area contributed by atoms with E-state index in [0.717, 1.165) is 16.8 Å². The quantitative estimate of drug-likeness (QED) is 0.401. The number of aliphatic hydroxyl groups excluding tert-OH is 1. The number of carbonyl (C=O) groups is 1. The van der Waals surface area contributed by atoms with Gasteiger partial charge in [-0.2, -0.15) is 0 Å². The number of Topliss-reactive ketones (excluding diaryl/α,β-unsaturated/α-hetero) is 1. The zero-order chi connectivity index (χ0) is 15.1. The first-order valence-corrected chi connectivity index (χ1v) is 6.38. The predicted molar refractivity (Wildman–Crippen MR) is 68.0 cm³/mol. The number of nitrogens with one attached hydrogen (secondary N) is 1. The van der Waals surface area contributed by atoms with Gasteiger partial charge in [0.1, 0.15) is 12.7 Å². The molecule has 0 aliphatic carbocycles. The van der Waals surface area contributed by atoms with E-state index in [1.165, 1.54) is 6.92 Å². The van der Waals surface area contributed by atoms with Crippen molar-refractivity contribution in [2.45, 2.75) is 19.3 Å². The summed E-state index contributed by atoms with van der Waals surface area (Å²) in [6.07, 6.45) is -1.16. The number of hydrogen-bond acceptors (Lipinski definition) is 7. The Morgan fingerprint density at radius 3 is 2.67 bits per heavy atom. The molecule has 0 radical (unpaired) electrons. The summed E-state index contributed by atoms with van der Waals surface area (Å²) in [6.45, 7) is 0.486. The molecular formula is C10H14N2O7PU+. The molecule has 3 atom stereocenters. The minimum atomic E-state index is -1.32. The summed E-state index contributed by atoms with van der Waals surface area (Å²) in [6, 6.07) is 1.06. The summed E-state index contributed by atoms with van der Waals surface area (Å²) < 4.78 is 21.0. The van der Waals surface area contributed by atoms with Gasteiger partial charge in [-0.1, -0.05) is 0 Å². The predicted octanol–water partition coefficient (Wildman–Crippen LogP) is -1.04. The summed E-state index contributed by atoms with van der Waals surface area (Å²) in [5.74, 6) is -0.512. The van der Waals surface area contributed by atoms with Gasteiger partial charge >= 0.3 is 14.4 Å². The van der Waals surface area contributed by atoms with Gasteiger partial charge < -0.3 is 9.84 Å². The topological polar surface area (TPSA) is 128 Å². The first-order chi connectivity index (χ1) is 9.49. The van der Waals surface area contributed by atoms with Crippen LogP contribution in [0.15, 0.2) is 21.9 Å². The second-order valence-electron chi connectivity index (χ2n) is 3.82. The van der Waals surface area contributed by atoms with Crippen molar-refractivity contribution in [3.63, 3.8) is 0 Å². The monoisotopic (exact) mass is 543 g/mol. The molecule has 0 fully saturated rings. The fourth-order valence-corrected chi connectivity index (χ4v) is 1.67. The molecule has 2 N–H and O–H groups in total. The Balaban J connectivity index is 0.00000400. The molecule has 21 heavy (non-hydrogen) atoms. The molecular weight excluding hydrogens is 529 g/mol. The van der Waals surface area contributed by atoms with E-state index in [9.17, 15) is 18.9 Å². The molecule has 0 aliphatic rings. The van der Waals surface area contributed by atoms with Crippen LogP contribution in [0.4, 0.5) is 0 Å². The van der Waals surface area contributed by atoms with E-state index in [1.807, 2.05) is 4.98 Å². The third-order valence-corrected chi connectivity index (χ3v) is 2.59. The third-order valence-electron chi connectivity index (χ3n) is 2.30. The molecule has 0 amide bonds. The fourth-order valence-electron chi connectivity index (χ4n) is 1.41. The molecule has 1 rings (SSSR count). The summed E-state index contributed by atoms with van der Waals surface area (Å²) in [5, 5.41) is 9.08. The molecule has 0 saturated heterocycles. The zero-order valence-corrected chi connectivity index (χ0v) is 16.2. The first-order valence-electron chi connectivity index (χ1n) is 5.56. The van der Waals surface area contributed by atoms with Crippen molar-refractivity contribution in [3.8, 4) is 0 Å². The molecule has 114 valence electrons. The third kappa shape index (κ3) is 6.34. The van der Waals surface area contributed by atoms with Gasteiger partial charge in [-0.05, 0) is 11.5 Å². The van der Waals surface area contributed by atoms with E-state index < -0.39 is 44.7 Å². The van der Waals surface area contributed by atoms with Crippen LogP contribution >= 0.6 is 8.69 Å². The molecule has 9 nitrogen and oxygen atoms in total. The van der Waals surface area contributed by atoms with Crippen molar-refractivity contribution in [2.24, 2.45) is 0 Å². The van der Waals surface area contributed by atoms with Crippen LogP contribution in [0.25, 0.3) is 0 Å². The maximum absolute atomic E-state index is 11.6. The molecule has 1 aromatic heterocycles. The Morgan fingerprint density at radius 2 is 2.19 bits per heavy atom. The summed E-state index contributed by atoms with van der Waals surface area (Å²) in [7, 11) is -1.03. The van der Waals surface area contributed by atoms with Crippen molar-refractivity contribution in [1.29, 1.82) is 0 Å². The Morgan fingerprint density at radius 1 is 1.52 bits per heavy atom. The van der Waals surface area contributed by atoms with Crippen LogP contribution in [0.1, 0.15) is 13.2 Å². The van der Waals surface area contributed by atoms with Gasteiger partial charge in [-0.25, -0.2) is 4.79 Å². The SMILES string of the molecule is CC(=O)C(OC(CO)CO[PH+]=O)n1ccc(=O)[nH]c1=O.[U]. The molecule has 0 saturated carbocycles. The van der Waals surface area contributed by atoms with Crippen LogP contribution in [-0.2, 0) is 18.6 Å². The van der Waals surface area contributed by atoms with Crippen molar-refractivity contribution in [3.05, 3.63) is 33.1 Å². The Kier molecular flexibility index (Phi) is 9.87. The number of rotatable bonds is 8. The summed E-state index contributed by atoms with van der Waals surface area (Å²) in [4.78, 5) is 36.1. The normalized spacial score (nSPS) is 13.4. The van der Waals surface area contributed by atoms with Crippen molar-refractivity contribution in [1.82, 2.24) is 9.55 Å². The van der Waals surface area contributed by atoms with Gasteiger partial charge in [0.05, 0.1) is 6.61 Å². The van der Waals surface area contributed by atoms with Crippen LogP contribution in [-0.4, -0.2) is 39.8 Å². The van der Waals surface area contributed by atoms with E-state index in [1.54, 1.807) is 0 Å². The van der Waals surface area contributed by atoms with Crippen molar-refractivity contribution >= 4 is 14.5 Å². The number of aliphatic hydroxyl groups is 1. The van der Waals surface area contributed by atoms with E-state index in [0.29, 0.717) is 0 Å². The van der Waals surface area contributed by atoms with Crippen LogP contribution in [0.2, 0.25) is 0 Å². The second-order valence-corrected chi connectivity index (χ2v) is 4.27. The van der Waals surface area contributed by atoms with Gasteiger partial charge in [-0.3, -0.25) is 19.1 Å². The number of carbonyl (C=O) groups excluding carboxylic acids is 1. The number of aromatic amines is 1. The van der Waals surface area contributed by atoms with Gasteiger partial charge in [0.2, 0.25) is 0 Å². The number of ether oxygens (including phenoxy) is 1. The molecule has 1 aromatic rings. The van der Waals surface area contributed by atoms with Crippen LogP contribution in [0.5, 0.6) is 0 Å². The molecule has 0 aromatic carbocycles. The van der Waals surface area contributed by atoms with Gasteiger partial charge in [0, 0.05) is 43.4 Å². The molecule has 0 aliphatic heterocycles. The zero-order valence-electron chi connectivity index (χ0n) is 11.1. The van der Waals surface area contributed by atoms with Gasteiger partial charge in [-0.15, -0.1) is 4.52 Å². The molecule has 0 bridgehead atoms. The van der Waals surface area contributed by atoms with Crippen LogP contribution < -0.4 is 11.2 Å². The van der Waals surface area contributed by atoms with E-state index in [-0.39, 0.29) is 37.7 Å². The molecule has 11 heteroatoms. The smallest absolute Gasteiger partial charge is 0.394 e. The fraction of sp³-hybridized carbons (Fsp3) is 0.500. The van der Waals surface area contributed by atoms with Crippen molar-refractivity contribution < 1.29 is 54.8 Å². The summed E-state index contributed by atoms with van der Waals surface area (Å²) in [5.41, 5.74) is -1.43. The van der Waals surface area contributed by atoms with E-state index >= 15 is 0 Å². The Hall–Kier alpha value is -0.618. The largest absolute Gasteiger partial charge is 0.494 e. The number of aromatic nitrogens is 2. The van der Waals surface area contributed by atoms with E-state index in [4.69, 9.17) is 9.84 Å². The number of ketones is 1. The maximum atomic E-state index is 11.6. The average Bonchev–Trinajstić information content (AvgIpc) is 2.40. The molecule has 1 heterocycles. The van der Waals surface area contributed by atoms with Crippen molar-refractivity contribution in [2.75, 3.05) is 13.2 Å². The Bertz CT molecular complexity index is 587. The molecule has 0 spiro atoms. The number of H-pyrrole nitrogens is 1. The number of nitrogens with zero attached hydrogens (tertiary/aromatic N) is 1. The van der Waals surface area contributed by atoms with Crippen LogP contribution in [0, 0.1) is 31.1 Å². The van der Waals surface area contributed by atoms with E-state index in [2.05, 4.69) is 4.52 Å². The standard InChI is InChI=1S/C10H13N2O7P.U/c1-6(14)9(19-7(4-13)5-18-20-17)12-3-2-8(15)11-10(12)16;/h2-3,7,9,13,20H,4-5H2,1H3;/p+1. The van der Waals surface area contributed by atoms with Crippen LogP contribution in [0.3, 0.4) is 0 Å². The minimum absolute atomic E-state index is 0. The maximum Gasteiger partial charge on any atom is 0.494 e. The Labute approximate surface area is 144 Å². The number of hydrogen-bond donors (Lipinski definition) is 2. The minimum Gasteiger partial charge on any atom is -0.394 e. The molecule has 3 unspecified atom stereocenters. The average molecular weight is 543 g/mol. The second kappa shape index (κ2) is 10.2. The van der Waals surface area contributed by atoms with Gasteiger partial charge in [0.15, 0.2) is 12.0 Å².